The van der Waals surface area contributed by atoms with Crippen molar-refractivity contribution in [2.24, 2.45) is 0 Å². The molecule has 142 valence electrons. The van der Waals surface area contributed by atoms with Crippen LogP contribution in [0.15, 0.2) is 30.5 Å². The minimum Gasteiger partial charge on any atom is -0.467 e. The van der Waals surface area contributed by atoms with Crippen LogP contribution in [0.1, 0.15) is 43.7 Å². The normalized spacial score (nSPS) is 11.5. The average molecular weight is 367 g/mol. The maximum Gasteiger partial charge on any atom is 0.421 e. The van der Waals surface area contributed by atoms with Gasteiger partial charge in [-0.1, -0.05) is 38.3 Å². The van der Waals surface area contributed by atoms with Crippen LogP contribution in [-0.2, 0) is 12.6 Å². The van der Waals surface area contributed by atoms with Crippen LogP contribution in [0.4, 0.5) is 24.7 Å². The van der Waals surface area contributed by atoms with E-state index < -0.39 is 11.7 Å². The van der Waals surface area contributed by atoms with Gasteiger partial charge in [0.05, 0.1) is 7.11 Å². The van der Waals surface area contributed by atoms with Crippen LogP contribution >= 0.6 is 0 Å². The molecular formula is C19H24F3N3O. The summed E-state index contributed by atoms with van der Waals surface area (Å²) in [5.74, 6) is -0.236. The van der Waals surface area contributed by atoms with Crippen molar-refractivity contribution in [3.63, 3.8) is 0 Å². The Labute approximate surface area is 152 Å². The Bertz CT molecular complexity index is 702. The molecule has 0 fully saturated rings. The zero-order valence-electron chi connectivity index (χ0n) is 15.3. The van der Waals surface area contributed by atoms with Crippen molar-refractivity contribution in [2.75, 3.05) is 19.1 Å². The fourth-order valence-corrected chi connectivity index (χ4v) is 2.68. The summed E-state index contributed by atoms with van der Waals surface area (Å²) in [6.45, 7) is 2.17. The first-order valence-electron chi connectivity index (χ1n) is 8.67. The van der Waals surface area contributed by atoms with Gasteiger partial charge in [-0.25, -0.2) is 4.98 Å². The van der Waals surface area contributed by atoms with Crippen LogP contribution in [0, 0.1) is 0 Å². The molecule has 7 heteroatoms. The third-order valence-electron chi connectivity index (χ3n) is 4.19. The minimum atomic E-state index is -4.55. The second kappa shape index (κ2) is 8.87. The Hall–Kier alpha value is -2.31. The van der Waals surface area contributed by atoms with Crippen molar-refractivity contribution >= 4 is 11.5 Å². The van der Waals surface area contributed by atoms with E-state index in [4.69, 9.17) is 4.74 Å². The van der Waals surface area contributed by atoms with Crippen molar-refractivity contribution in [3.8, 4) is 6.01 Å². The van der Waals surface area contributed by atoms with Crippen molar-refractivity contribution in [2.45, 2.75) is 45.2 Å². The summed E-state index contributed by atoms with van der Waals surface area (Å²) in [6, 6.07) is 7.41. The first-order valence-corrected chi connectivity index (χ1v) is 8.67. The van der Waals surface area contributed by atoms with Gasteiger partial charge in [0.1, 0.15) is 5.56 Å². The monoisotopic (exact) mass is 367 g/mol. The smallest absolute Gasteiger partial charge is 0.421 e. The van der Waals surface area contributed by atoms with Crippen molar-refractivity contribution in [1.29, 1.82) is 0 Å². The lowest BCUT2D eigenvalue weighted by Crippen LogP contribution is -2.19. The molecule has 0 bridgehead atoms. The minimum absolute atomic E-state index is 0.104. The second-order valence-corrected chi connectivity index (χ2v) is 6.13. The van der Waals surface area contributed by atoms with Gasteiger partial charge in [0, 0.05) is 18.9 Å². The van der Waals surface area contributed by atoms with Crippen LogP contribution in [-0.4, -0.2) is 24.1 Å². The van der Waals surface area contributed by atoms with Gasteiger partial charge in [0.15, 0.2) is 5.82 Å². The number of ether oxygens (including phenoxy) is 1. The Morgan fingerprint density at radius 1 is 1.08 bits per heavy atom. The number of aryl methyl sites for hydroxylation is 1. The molecule has 0 saturated carbocycles. The fourth-order valence-electron chi connectivity index (χ4n) is 2.68. The number of methoxy groups -OCH3 is 1. The summed E-state index contributed by atoms with van der Waals surface area (Å²) in [5, 5.41) is 0. The van der Waals surface area contributed by atoms with Gasteiger partial charge in [-0.15, -0.1) is 0 Å². The average Bonchev–Trinajstić information content (AvgIpc) is 2.64. The number of unbranched alkanes of at least 4 members (excludes halogenated alkanes) is 3. The zero-order valence-corrected chi connectivity index (χ0v) is 15.3. The lowest BCUT2D eigenvalue weighted by molar-refractivity contribution is -0.137. The van der Waals surface area contributed by atoms with Crippen LogP contribution < -0.4 is 9.64 Å². The lowest BCUT2D eigenvalue weighted by Gasteiger charge is -2.22. The highest BCUT2D eigenvalue weighted by molar-refractivity contribution is 5.63. The topological polar surface area (TPSA) is 38.2 Å². The number of hydrogen-bond acceptors (Lipinski definition) is 4. The van der Waals surface area contributed by atoms with E-state index >= 15 is 0 Å². The van der Waals surface area contributed by atoms with Crippen molar-refractivity contribution in [3.05, 3.63) is 41.6 Å². The largest absolute Gasteiger partial charge is 0.467 e. The van der Waals surface area contributed by atoms with E-state index in [-0.39, 0.29) is 11.8 Å². The molecule has 0 aliphatic carbocycles. The molecule has 0 atom stereocenters. The number of anilines is 2. The first kappa shape index (κ1) is 20.0. The van der Waals surface area contributed by atoms with Gasteiger partial charge in [-0.2, -0.15) is 18.2 Å². The van der Waals surface area contributed by atoms with Gasteiger partial charge >= 0.3 is 12.2 Å². The lowest BCUT2D eigenvalue weighted by atomic mass is 10.1. The molecule has 2 rings (SSSR count). The van der Waals surface area contributed by atoms with Gasteiger partial charge in [0.2, 0.25) is 0 Å². The molecule has 0 spiro atoms. The highest BCUT2D eigenvalue weighted by Gasteiger charge is 2.36. The number of aromatic nitrogens is 2. The third kappa shape index (κ3) is 5.09. The molecule has 0 amide bonds. The van der Waals surface area contributed by atoms with E-state index in [1.165, 1.54) is 36.8 Å². The van der Waals surface area contributed by atoms with E-state index in [2.05, 4.69) is 16.9 Å². The number of rotatable bonds is 8. The number of benzene rings is 1. The third-order valence-corrected chi connectivity index (χ3v) is 4.19. The number of halogens is 3. The molecule has 0 unspecified atom stereocenters. The first-order chi connectivity index (χ1) is 12.4. The van der Waals surface area contributed by atoms with E-state index in [9.17, 15) is 13.2 Å². The quantitative estimate of drug-likeness (QED) is 0.586. The van der Waals surface area contributed by atoms with E-state index in [1.54, 1.807) is 7.05 Å². The molecule has 0 aliphatic rings. The summed E-state index contributed by atoms with van der Waals surface area (Å²) >= 11 is 0. The summed E-state index contributed by atoms with van der Waals surface area (Å²) in [4.78, 5) is 8.88. The molecule has 1 aromatic heterocycles. The summed E-state index contributed by atoms with van der Waals surface area (Å²) in [6.07, 6.45) is 1.89. The molecular weight excluding hydrogens is 343 g/mol. The van der Waals surface area contributed by atoms with Crippen molar-refractivity contribution < 1.29 is 17.9 Å². The second-order valence-electron chi connectivity index (χ2n) is 6.13. The maximum atomic E-state index is 13.3. The fraction of sp³-hybridized carbons (Fsp3) is 0.474. The van der Waals surface area contributed by atoms with Gasteiger partial charge < -0.3 is 9.64 Å². The molecule has 4 nitrogen and oxygen atoms in total. The highest BCUT2D eigenvalue weighted by Crippen LogP contribution is 2.37. The standard InChI is InChI=1S/C19H24F3N3O/c1-4-5-6-7-8-14-9-11-15(12-10-14)25(2)17-16(19(20,21)22)13-23-18(24-17)26-3/h9-13H,4-8H2,1-3H3. The van der Waals surface area contributed by atoms with Gasteiger partial charge in [-0.05, 0) is 30.5 Å². The van der Waals surface area contributed by atoms with Gasteiger partial charge in [-0.3, -0.25) is 0 Å². The van der Waals surface area contributed by atoms with Crippen LogP contribution in [0.3, 0.4) is 0 Å². The predicted octanol–water partition coefficient (Wildman–Crippen LogP) is 5.39. The van der Waals surface area contributed by atoms with Crippen LogP contribution in [0.2, 0.25) is 0 Å². The van der Waals surface area contributed by atoms with Crippen LogP contribution in [0.25, 0.3) is 0 Å². The molecule has 0 N–H and O–H groups in total. The Kier molecular flexibility index (Phi) is 6.83. The van der Waals surface area contributed by atoms with Gasteiger partial charge in [0.25, 0.3) is 0 Å². The number of alkyl halides is 3. The molecule has 1 aromatic carbocycles. The van der Waals surface area contributed by atoms with E-state index in [0.29, 0.717) is 5.69 Å². The summed E-state index contributed by atoms with van der Waals surface area (Å²) in [5.41, 5.74) is 0.896. The summed E-state index contributed by atoms with van der Waals surface area (Å²) < 4.78 is 44.7. The zero-order chi connectivity index (χ0) is 19.2. The highest BCUT2D eigenvalue weighted by atomic mass is 19.4. The maximum absolute atomic E-state index is 13.3. The van der Waals surface area contributed by atoms with E-state index in [1.807, 2.05) is 24.3 Å². The molecule has 0 aliphatic heterocycles. The Morgan fingerprint density at radius 3 is 2.35 bits per heavy atom. The Balaban J connectivity index is 2.21. The van der Waals surface area contributed by atoms with E-state index in [0.717, 1.165) is 19.0 Å². The molecule has 0 saturated heterocycles. The molecule has 1 heterocycles. The molecule has 26 heavy (non-hydrogen) atoms. The molecule has 2 aromatic rings. The predicted molar refractivity (Wildman–Crippen MR) is 95.9 cm³/mol. The SMILES string of the molecule is CCCCCCc1ccc(N(C)c2nc(OC)ncc2C(F)(F)F)cc1. The Morgan fingerprint density at radius 2 is 1.77 bits per heavy atom. The number of nitrogens with zero attached hydrogens (tertiary/aromatic N) is 3. The van der Waals surface area contributed by atoms with Crippen LogP contribution in [0.5, 0.6) is 6.01 Å². The molecule has 0 radical (unpaired) electrons. The summed E-state index contributed by atoms with van der Waals surface area (Å²) in [7, 11) is 2.87. The number of hydrogen-bond donors (Lipinski definition) is 0. The van der Waals surface area contributed by atoms with Crippen molar-refractivity contribution in [1.82, 2.24) is 9.97 Å².